The van der Waals surface area contributed by atoms with Gasteiger partial charge in [-0.15, -0.1) is 0 Å². The molecule has 106 valence electrons. The predicted molar refractivity (Wildman–Crippen MR) is 75.0 cm³/mol. The molecule has 1 atom stereocenters. The molecule has 1 N–H and O–H groups in total. The zero-order chi connectivity index (χ0) is 14.0. The summed E-state index contributed by atoms with van der Waals surface area (Å²) in [6, 6.07) is 1.92. The summed E-state index contributed by atoms with van der Waals surface area (Å²) in [4.78, 5) is 13.7. The lowest BCUT2D eigenvalue weighted by atomic mass is 10.1. The van der Waals surface area contributed by atoms with Gasteiger partial charge in [0.2, 0.25) is 0 Å². The van der Waals surface area contributed by atoms with Gasteiger partial charge in [0.25, 0.3) is 0 Å². The van der Waals surface area contributed by atoms with Crippen molar-refractivity contribution in [2.45, 2.75) is 32.4 Å². The third-order valence-electron chi connectivity index (χ3n) is 2.76. The zero-order valence-corrected chi connectivity index (χ0v) is 13.0. The number of hydrogen-bond acceptors (Lipinski definition) is 4. The summed E-state index contributed by atoms with van der Waals surface area (Å²) in [5, 5.41) is 3.33. The maximum absolute atomic E-state index is 12.0. The lowest BCUT2D eigenvalue weighted by Gasteiger charge is -2.34. The molecule has 1 aromatic heterocycles. The molecule has 1 aliphatic rings. The highest BCUT2D eigenvalue weighted by Crippen LogP contribution is 2.23. The van der Waals surface area contributed by atoms with Crippen molar-refractivity contribution in [1.29, 1.82) is 0 Å². The molecular weight excluding hydrogens is 312 g/mol. The number of furan rings is 1. The van der Waals surface area contributed by atoms with E-state index >= 15 is 0 Å². The summed E-state index contributed by atoms with van der Waals surface area (Å²) in [5.74, 6) is 0.820. The largest absolute Gasteiger partial charge is 0.466 e. The van der Waals surface area contributed by atoms with Gasteiger partial charge in [0.05, 0.1) is 10.5 Å². The first kappa shape index (κ1) is 14.4. The smallest absolute Gasteiger partial charge is 0.410 e. The average molecular weight is 331 g/mol. The number of halogens is 1. The fourth-order valence-corrected chi connectivity index (χ4v) is 2.26. The first-order chi connectivity index (χ1) is 8.85. The number of amides is 1. The van der Waals surface area contributed by atoms with Gasteiger partial charge in [0.1, 0.15) is 17.6 Å². The summed E-state index contributed by atoms with van der Waals surface area (Å²) in [6.07, 6.45) is 1.37. The number of carbonyl (C=O) groups excluding carboxylic acids is 1. The molecule has 5 nitrogen and oxygen atoms in total. The molecule has 2 heterocycles. The first-order valence-electron chi connectivity index (χ1n) is 6.30. The minimum absolute atomic E-state index is 0.00701. The van der Waals surface area contributed by atoms with Crippen LogP contribution in [0.1, 0.15) is 32.6 Å². The monoisotopic (exact) mass is 330 g/mol. The molecule has 1 unspecified atom stereocenters. The van der Waals surface area contributed by atoms with E-state index < -0.39 is 5.60 Å². The van der Waals surface area contributed by atoms with Crippen LogP contribution in [0.4, 0.5) is 4.79 Å². The highest BCUT2D eigenvalue weighted by molar-refractivity contribution is 9.10. The van der Waals surface area contributed by atoms with Crippen LogP contribution in [0.5, 0.6) is 0 Å². The van der Waals surface area contributed by atoms with Gasteiger partial charge in [-0.2, -0.15) is 0 Å². The van der Waals surface area contributed by atoms with E-state index in [1.807, 2.05) is 26.8 Å². The number of nitrogens with one attached hydrogen (secondary N) is 1. The SMILES string of the molecule is CC(C)(C)OC(=O)N1CCNC(c2cc(Br)co2)C1. The minimum Gasteiger partial charge on any atom is -0.466 e. The minimum atomic E-state index is -0.467. The summed E-state index contributed by atoms with van der Waals surface area (Å²) >= 11 is 3.36. The van der Waals surface area contributed by atoms with E-state index in [4.69, 9.17) is 9.15 Å². The van der Waals surface area contributed by atoms with Crippen molar-refractivity contribution in [2.75, 3.05) is 19.6 Å². The highest BCUT2D eigenvalue weighted by Gasteiger charge is 2.29. The van der Waals surface area contributed by atoms with Gasteiger partial charge in [-0.25, -0.2) is 4.79 Å². The van der Waals surface area contributed by atoms with Crippen LogP contribution in [-0.2, 0) is 4.74 Å². The molecule has 1 saturated heterocycles. The maximum atomic E-state index is 12.0. The fraction of sp³-hybridized carbons (Fsp3) is 0.615. The number of rotatable bonds is 1. The fourth-order valence-electron chi connectivity index (χ4n) is 1.94. The van der Waals surface area contributed by atoms with E-state index in [0.717, 1.165) is 16.8 Å². The van der Waals surface area contributed by atoms with E-state index in [-0.39, 0.29) is 12.1 Å². The Labute approximate surface area is 121 Å². The van der Waals surface area contributed by atoms with Crippen molar-refractivity contribution < 1.29 is 13.9 Å². The van der Waals surface area contributed by atoms with E-state index in [1.54, 1.807) is 11.2 Å². The number of carbonyl (C=O) groups is 1. The molecule has 1 aliphatic heterocycles. The van der Waals surface area contributed by atoms with E-state index in [1.165, 1.54) is 0 Å². The third kappa shape index (κ3) is 3.98. The van der Waals surface area contributed by atoms with Crippen LogP contribution in [0.15, 0.2) is 21.2 Å². The summed E-state index contributed by atoms with van der Waals surface area (Å²) in [6.45, 7) is 7.53. The van der Waals surface area contributed by atoms with Gasteiger partial charge in [-0.1, -0.05) is 0 Å². The number of hydrogen-bond donors (Lipinski definition) is 1. The molecule has 19 heavy (non-hydrogen) atoms. The second-order valence-corrected chi connectivity index (χ2v) is 6.52. The number of piperazine rings is 1. The molecule has 2 rings (SSSR count). The van der Waals surface area contributed by atoms with Crippen molar-refractivity contribution in [2.24, 2.45) is 0 Å². The van der Waals surface area contributed by atoms with Crippen molar-refractivity contribution >= 4 is 22.0 Å². The zero-order valence-electron chi connectivity index (χ0n) is 11.4. The second-order valence-electron chi connectivity index (χ2n) is 5.60. The Balaban J connectivity index is 1.99. The Morgan fingerprint density at radius 2 is 2.32 bits per heavy atom. The lowest BCUT2D eigenvalue weighted by molar-refractivity contribution is 0.0188. The molecular formula is C13H19BrN2O3. The summed E-state index contributed by atoms with van der Waals surface area (Å²) in [7, 11) is 0. The van der Waals surface area contributed by atoms with Gasteiger partial charge in [-0.05, 0) is 42.8 Å². The Bertz CT molecular complexity index is 453. The maximum Gasteiger partial charge on any atom is 0.410 e. The highest BCUT2D eigenvalue weighted by atomic mass is 79.9. The molecule has 0 bridgehead atoms. The van der Waals surface area contributed by atoms with E-state index in [9.17, 15) is 4.79 Å². The third-order valence-corrected chi connectivity index (χ3v) is 3.17. The Hall–Kier alpha value is -1.01. The van der Waals surface area contributed by atoms with Gasteiger partial charge < -0.3 is 19.4 Å². The molecule has 0 aromatic carbocycles. The van der Waals surface area contributed by atoms with Crippen LogP contribution in [0.25, 0.3) is 0 Å². The molecule has 6 heteroatoms. The van der Waals surface area contributed by atoms with Crippen molar-refractivity contribution in [3.05, 3.63) is 22.6 Å². The Kier molecular flexibility index (Phi) is 4.20. The van der Waals surface area contributed by atoms with Crippen LogP contribution in [0, 0.1) is 0 Å². The van der Waals surface area contributed by atoms with Gasteiger partial charge >= 0.3 is 6.09 Å². The molecule has 0 spiro atoms. The Morgan fingerprint density at radius 3 is 2.89 bits per heavy atom. The van der Waals surface area contributed by atoms with Crippen LogP contribution in [0.3, 0.4) is 0 Å². The van der Waals surface area contributed by atoms with Crippen LogP contribution in [0.2, 0.25) is 0 Å². The standard InChI is InChI=1S/C13H19BrN2O3/c1-13(2,3)19-12(17)16-5-4-15-10(7-16)11-6-9(14)8-18-11/h6,8,10,15H,4-5,7H2,1-3H3. The molecule has 1 amide bonds. The average Bonchev–Trinajstić information content (AvgIpc) is 2.74. The molecule has 0 aliphatic carbocycles. The van der Waals surface area contributed by atoms with Gasteiger partial charge in [-0.3, -0.25) is 0 Å². The van der Waals surface area contributed by atoms with Crippen LogP contribution >= 0.6 is 15.9 Å². The van der Waals surface area contributed by atoms with Crippen LogP contribution < -0.4 is 5.32 Å². The molecule has 0 saturated carbocycles. The number of nitrogens with zero attached hydrogens (tertiary/aromatic N) is 1. The first-order valence-corrected chi connectivity index (χ1v) is 7.10. The predicted octanol–water partition coefficient (Wildman–Crippen LogP) is 2.92. The van der Waals surface area contributed by atoms with Crippen molar-refractivity contribution in [1.82, 2.24) is 10.2 Å². The normalized spacial score (nSPS) is 20.4. The Morgan fingerprint density at radius 1 is 1.58 bits per heavy atom. The molecule has 0 radical (unpaired) electrons. The van der Waals surface area contributed by atoms with Gasteiger partial charge in [0, 0.05) is 19.6 Å². The van der Waals surface area contributed by atoms with Crippen LogP contribution in [-0.4, -0.2) is 36.2 Å². The summed E-state index contributed by atoms with van der Waals surface area (Å²) in [5.41, 5.74) is -0.467. The topological polar surface area (TPSA) is 54.7 Å². The number of ether oxygens (including phenoxy) is 1. The van der Waals surface area contributed by atoms with Crippen molar-refractivity contribution in [3.8, 4) is 0 Å². The molecule has 1 aromatic rings. The molecule has 1 fully saturated rings. The lowest BCUT2D eigenvalue weighted by Crippen LogP contribution is -2.49. The quantitative estimate of drug-likeness (QED) is 0.860. The van der Waals surface area contributed by atoms with Gasteiger partial charge in [0.15, 0.2) is 0 Å². The van der Waals surface area contributed by atoms with Crippen molar-refractivity contribution in [3.63, 3.8) is 0 Å². The van der Waals surface area contributed by atoms with E-state index in [0.29, 0.717) is 13.1 Å². The second kappa shape index (κ2) is 5.54. The van der Waals surface area contributed by atoms with E-state index in [2.05, 4.69) is 21.2 Å². The summed E-state index contributed by atoms with van der Waals surface area (Å²) < 4.78 is 11.7.